The molecule has 0 heterocycles. The molecule has 16 heavy (non-hydrogen) atoms. The van der Waals surface area contributed by atoms with Crippen LogP contribution in [0.1, 0.15) is 6.92 Å². The van der Waals surface area contributed by atoms with Crippen LogP contribution < -0.4 is 10.1 Å². The van der Waals surface area contributed by atoms with Crippen LogP contribution in [0.4, 0.5) is 11.4 Å². The second-order valence-electron chi connectivity index (χ2n) is 3.08. The summed E-state index contributed by atoms with van der Waals surface area (Å²) in [5, 5.41) is 13.7. The number of non-ortho nitro benzene ring substituents is 1. The maximum atomic E-state index is 10.7. The first-order chi connectivity index (χ1) is 7.67. The molecule has 0 saturated carbocycles. The maximum Gasteiger partial charge on any atom is 0.275 e. The summed E-state index contributed by atoms with van der Waals surface area (Å²) in [4.78, 5) is 10.2. The first kappa shape index (κ1) is 12.0. The standard InChI is InChI=1S/C11H14N2O3/c1-3-5-12-9-6-10(13(14)15)8-11(7-9)16-4-2/h3,6-8,12H,1,4-5H2,2H3. The van der Waals surface area contributed by atoms with E-state index in [2.05, 4.69) is 11.9 Å². The smallest absolute Gasteiger partial charge is 0.275 e. The van der Waals surface area contributed by atoms with Crippen molar-refractivity contribution in [2.24, 2.45) is 0 Å². The highest BCUT2D eigenvalue weighted by Crippen LogP contribution is 2.25. The summed E-state index contributed by atoms with van der Waals surface area (Å²) in [6.45, 7) is 6.42. The zero-order valence-electron chi connectivity index (χ0n) is 9.10. The average Bonchev–Trinajstić information content (AvgIpc) is 2.26. The Bertz CT molecular complexity index is 391. The van der Waals surface area contributed by atoms with Crippen LogP contribution in [-0.4, -0.2) is 18.1 Å². The molecule has 0 fully saturated rings. The van der Waals surface area contributed by atoms with Crippen molar-refractivity contribution >= 4 is 11.4 Å². The van der Waals surface area contributed by atoms with E-state index < -0.39 is 4.92 Å². The molecule has 0 radical (unpaired) electrons. The minimum Gasteiger partial charge on any atom is -0.494 e. The van der Waals surface area contributed by atoms with Gasteiger partial charge >= 0.3 is 0 Å². The third-order valence-corrected chi connectivity index (χ3v) is 1.86. The van der Waals surface area contributed by atoms with E-state index in [1.165, 1.54) is 12.1 Å². The van der Waals surface area contributed by atoms with Crippen LogP contribution in [0.2, 0.25) is 0 Å². The number of rotatable bonds is 6. The third kappa shape index (κ3) is 3.27. The Kier molecular flexibility index (Phi) is 4.32. The highest BCUT2D eigenvalue weighted by atomic mass is 16.6. The van der Waals surface area contributed by atoms with Crippen molar-refractivity contribution in [1.82, 2.24) is 0 Å². The van der Waals surface area contributed by atoms with Crippen LogP contribution in [0.25, 0.3) is 0 Å². The quantitative estimate of drug-likeness (QED) is 0.456. The van der Waals surface area contributed by atoms with Crippen molar-refractivity contribution in [3.8, 4) is 5.75 Å². The van der Waals surface area contributed by atoms with Crippen LogP contribution >= 0.6 is 0 Å². The summed E-state index contributed by atoms with van der Waals surface area (Å²) in [6, 6.07) is 4.59. The molecule has 0 saturated heterocycles. The monoisotopic (exact) mass is 222 g/mol. The fraction of sp³-hybridized carbons (Fsp3) is 0.273. The van der Waals surface area contributed by atoms with E-state index >= 15 is 0 Å². The SMILES string of the molecule is C=CCNc1cc(OCC)cc([N+](=O)[O-])c1. The van der Waals surface area contributed by atoms with Crippen molar-refractivity contribution in [2.75, 3.05) is 18.5 Å². The molecule has 0 aliphatic rings. The molecule has 0 aliphatic heterocycles. The Morgan fingerprint density at radius 2 is 2.31 bits per heavy atom. The van der Waals surface area contributed by atoms with E-state index in [-0.39, 0.29) is 5.69 Å². The lowest BCUT2D eigenvalue weighted by Crippen LogP contribution is -2.00. The topological polar surface area (TPSA) is 64.4 Å². The number of hydrogen-bond acceptors (Lipinski definition) is 4. The molecular formula is C11H14N2O3. The fourth-order valence-corrected chi connectivity index (χ4v) is 1.23. The van der Waals surface area contributed by atoms with Gasteiger partial charge in [0.25, 0.3) is 5.69 Å². The average molecular weight is 222 g/mol. The van der Waals surface area contributed by atoms with E-state index in [0.29, 0.717) is 24.6 Å². The molecule has 0 atom stereocenters. The molecule has 1 aromatic rings. The first-order valence-corrected chi connectivity index (χ1v) is 4.94. The van der Waals surface area contributed by atoms with Gasteiger partial charge in [0, 0.05) is 24.4 Å². The predicted molar refractivity (Wildman–Crippen MR) is 63.0 cm³/mol. The van der Waals surface area contributed by atoms with Gasteiger partial charge in [-0.25, -0.2) is 0 Å². The van der Waals surface area contributed by atoms with Gasteiger partial charge in [-0.2, -0.15) is 0 Å². The molecule has 0 spiro atoms. The lowest BCUT2D eigenvalue weighted by atomic mass is 10.2. The molecular weight excluding hydrogens is 208 g/mol. The van der Waals surface area contributed by atoms with Crippen molar-refractivity contribution in [3.63, 3.8) is 0 Å². The summed E-state index contributed by atoms with van der Waals surface area (Å²) in [7, 11) is 0. The van der Waals surface area contributed by atoms with Crippen LogP contribution in [-0.2, 0) is 0 Å². The zero-order valence-corrected chi connectivity index (χ0v) is 9.10. The fourth-order valence-electron chi connectivity index (χ4n) is 1.23. The van der Waals surface area contributed by atoms with Gasteiger partial charge in [0.2, 0.25) is 0 Å². The van der Waals surface area contributed by atoms with Crippen LogP contribution in [0.15, 0.2) is 30.9 Å². The van der Waals surface area contributed by atoms with E-state index in [1.807, 2.05) is 6.92 Å². The number of nitro benzene ring substituents is 1. The number of anilines is 1. The second-order valence-corrected chi connectivity index (χ2v) is 3.08. The largest absolute Gasteiger partial charge is 0.494 e. The van der Waals surface area contributed by atoms with Gasteiger partial charge in [-0.1, -0.05) is 6.08 Å². The Morgan fingerprint density at radius 3 is 2.88 bits per heavy atom. The van der Waals surface area contributed by atoms with E-state index in [1.54, 1.807) is 12.1 Å². The highest BCUT2D eigenvalue weighted by Gasteiger charge is 2.09. The molecule has 0 aromatic heterocycles. The molecule has 0 bridgehead atoms. The van der Waals surface area contributed by atoms with Crippen LogP contribution in [0.5, 0.6) is 5.75 Å². The number of nitro groups is 1. The number of hydrogen-bond donors (Lipinski definition) is 1. The highest BCUT2D eigenvalue weighted by molar-refractivity contribution is 5.56. The Morgan fingerprint density at radius 1 is 1.56 bits per heavy atom. The summed E-state index contributed by atoms with van der Waals surface area (Å²) in [5.41, 5.74) is 0.662. The van der Waals surface area contributed by atoms with E-state index in [0.717, 1.165) is 0 Å². The van der Waals surface area contributed by atoms with Gasteiger partial charge in [0.1, 0.15) is 5.75 Å². The summed E-state index contributed by atoms with van der Waals surface area (Å²) in [6.07, 6.45) is 1.68. The molecule has 5 heteroatoms. The van der Waals surface area contributed by atoms with Crippen molar-refractivity contribution in [2.45, 2.75) is 6.92 Å². The second kappa shape index (κ2) is 5.75. The molecule has 0 unspecified atom stereocenters. The molecule has 0 aliphatic carbocycles. The number of nitrogens with zero attached hydrogens (tertiary/aromatic N) is 1. The minimum atomic E-state index is -0.443. The van der Waals surface area contributed by atoms with E-state index in [4.69, 9.17) is 4.74 Å². The molecule has 1 N–H and O–H groups in total. The lowest BCUT2D eigenvalue weighted by Gasteiger charge is -2.07. The van der Waals surface area contributed by atoms with Gasteiger partial charge in [0.05, 0.1) is 17.6 Å². The maximum absolute atomic E-state index is 10.7. The van der Waals surface area contributed by atoms with E-state index in [9.17, 15) is 10.1 Å². The third-order valence-electron chi connectivity index (χ3n) is 1.86. The summed E-state index contributed by atoms with van der Waals surface area (Å²) < 4.78 is 5.25. The first-order valence-electron chi connectivity index (χ1n) is 4.94. The van der Waals surface area contributed by atoms with Gasteiger partial charge in [-0.15, -0.1) is 6.58 Å². The van der Waals surface area contributed by atoms with Gasteiger partial charge in [-0.05, 0) is 6.92 Å². The lowest BCUT2D eigenvalue weighted by molar-refractivity contribution is -0.384. The minimum absolute atomic E-state index is 0.0116. The molecule has 1 aromatic carbocycles. The van der Waals surface area contributed by atoms with Crippen molar-refractivity contribution in [1.29, 1.82) is 0 Å². The number of nitrogens with one attached hydrogen (secondary N) is 1. The van der Waals surface area contributed by atoms with Crippen molar-refractivity contribution < 1.29 is 9.66 Å². The molecule has 5 nitrogen and oxygen atoms in total. The molecule has 1 rings (SSSR count). The zero-order chi connectivity index (χ0) is 12.0. The Balaban J connectivity index is 2.97. The molecule has 86 valence electrons. The normalized spacial score (nSPS) is 9.56. The summed E-state index contributed by atoms with van der Waals surface area (Å²) in [5.74, 6) is 0.489. The number of benzene rings is 1. The number of ether oxygens (including phenoxy) is 1. The Labute approximate surface area is 93.9 Å². The van der Waals surface area contributed by atoms with Crippen LogP contribution in [0.3, 0.4) is 0 Å². The van der Waals surface area contributed by atoms with Crippen molar-refractivity contribution in [3.05, 3.63) is 41.0 Å². The Hall–Kier alpha value is -2.04. The van der Waals surface area contributed by atoms with Gasteiger partial charge in [0.15, 0.2) is 0 Å². The van der Waals surface area contributed by atoms with Crippen LogP contribution in [0, 0.1) is 10.1 Å². The predicted octanol–water partition coefficient (Wildman–Crippen LogP) is 2.59. The van der Waals surface area contributed by atoms with Gasteiger partial charge < -0.3 is 10.1 Å². The molecule has 0 amide bonds. The summed E-state index contributed by atoms with van der Waals surface area (Å²) >= 11 is 0. The van der Waals surface area contributed by atoms with Gasteiger partial charge in [-0.3, -0.25) is 10.1 Å².